The molecule has 1 N–H and O–H groups in total. The molecule has 0 amide bonds. The van der Waals surface area contributed by atoms with Gasteiger partial charge in [-0.25, -0.2) is 8.42 Å². The number of benzene rings is 2. The molecule has 2 fully saturated rings. The van der Waals surface area contributed by atoms with E-state index < -0.39 is 9.84 Å². The molecule has 27 heavy (non-hydrogen) atoms. The number of nitrogens with one attached hydrogen (secondary N) is 1. The third kappa shape index (κ3) is 2.80. The van der Waals surface area contributed by atoms with Gasteiger partial charge in [-0.05, 0) is 48.7 Å². The second-order valence-corrected chi connectivity index (χ2v) is 9.28. The minimum atomic E-state index is -3.56. The van der Waals surface area contributed by atoms with Crippen molar-refractivity contribution < 1.29 is 8.42 Å². The molecule has 2 saturated heterocycles. The van der Waals surface area contributed by atoms with E-state index in [4.69, 9.17) is 0 Å². The molecule has 0 spiro atoms. The van der Waals surface area contributed by atoms with Crippen LogP contribution < -0.4 is 10.2 Å². The maximum atomic E-state index is 12.9. The summed E-state index contributed by atoms with van der Waals surface area (Å²) in [6.07, 6.45) is 2.66. The van der Waals surface area contributed by atoms with Crippen LogP contribution in [0.2, 0.25) is 0 Å². The van der Waals surface area contributed by atoms with Crippen LogP contribution >= 0.6 is 0 Å². The van der Waals surface area contributed by atoms with Gasteiger partial charge in [-0.15, -0.1) is 0 Å². The van der Waals surface area contributed by atoms with Crippen molar-refractivity contribution in [2.24, 2.45) is 5.92 Å². The molecule has 2 aliphatic rings. The van der Waals surface area contributed by atoms with Gasteiger partial charge in [0, 0.05) is 42.9 Å². The van der Waals surface area contributed by atoms with E-state index in [1.165, 1.54) is 12.6 Å². The lowest BCUT2D eigenvalue weighted by Crippen LogP contribution is -2.33. The Kier molecular flexibility index (Phi) is 3.91. The van der Waals surface area contributed by atoms with E-state index >= 15 is 0 Å². The Hall–Kier alpha value is -2.44. The van der Waals surface area contributed by atoms with Gasteiger partial charge in [-0.2, -0.15) is 0 Å². The van der Waals surface area contributed by atoms with Crippen molar-refractivity contribution >= 4 is 26.4 Å². The average Bonchev–Trinajstić information content (AvgIpc) is 3.31. The predicted molar refractivity (Wildman–Crippen MR) is 106 cm³/mol. The summed E-state index contributed by atoms with van der Waals surface area (Å²) in [5.41, 5.74) is 1.96. The Balaban J connectivity index is 1.55. The number of fused-ring (bicyclic) bond motifs is 2. The first kappa shape index (κ1) is 16.7. The van der Waals surface area contributed by atoms with Crippen molar-refractivity contribution in [1.82, 2.24) is 10.3 Å². The average molecular weight is 379 g/mol. The maximum Gasteiger partial charge on any atom is 0.208 e. The molecule has 2 aliphatic heterocycles. The molecule has 0 radical (unpaired) electrons. The van der Waals surface area contributed by atoms with Crippen molar-refractivity contribution in [3.05, 3.63) is 60.8 Å². The highest BCUT2D eigenvalue weighted by Crippen LogP contribution is 2.33. The first-order valence-corrected chi connectivity index (χ1v) is 10.8. The van der Waals surface area contributed by atoms with Gasteiger partial charge in [0.1, 0.15) is 0 Å². The van der Waals surface area contributed by atoms with Gasteiger partial charge < -0.3 is 10.2 Å². The van der Waals surface area contributed by atoms with Crippen LogP contribution in [-0.4, -0.2) is 39.1 Å². The molecule has 5 rings (SSSR count). The summed E-state index contributed by atoms with van der Waals surface area (Å²) >= 11 is 0. The number of hydrogen-bond donors (Lipinski definition) is 1. The lowest BCUT2D eigenvalue weighted by molar-refractivity contribution is 0.579. The van der Waals surface area contributed by atoms with E-state index in [0.29, 0.717) is 16.9 Å². The quantitative estimate of drug-likeness (QED) is 0.758. The Labute approximate surface area is 159 Å². The molecule has 3 heterocycles. The number of anilines is 1. The highest BCUT2D eigenvalue weighted by atomic mass is 32.2. The monoisotopic (exact) mass is 379 g/mol. The molecule has 0 unspecified atom stereocenters. The van der Waals surface area contributed by atoms with E-state index in [9.17, 15) is 8.42 Å². The first-order valence-electron chi connectivity index (χ1n) is 9.30. The van der Waals surface area contributed by atoms with Crippen molar-refractivity contribution in [3.63, 3.8) is 0 Å². The van der Waals surface area contributed by atoms with Crippen molar-refractivity contribution in [1.29, 1.82) is 0 Å². The summed E-state index contributed by atoms with van der Waals surface area (Å²) < 4.78 is 25.8. The molecule has 0 aliphatic carbocycles. The SMILES string of the molecule is O=S(=O)(c1ccccc1)c1cnc2ccc(N3CC[C@H]4CNC[C@H]43)cc2c1. The fourth-order valence-corrected chi connectivity index (χ4v) is 5.59. The Morgan fingerprint density at radius 1 is 1.00 bits per heavy atom. The Bertz CT molecular complexity index is 1100. The smallest absolute Gasteiger partial charge is 0.208 e. The van der Waals surface area contributed by atoms with Crippen LogP contribution in [0.5, 0.6) is 0 Å². The molecule has 3 aromatic rings. The van der Waals surface area contributed by atoms with E-state index in [-0.39, 0.29) is 4.90 Å². The van der Waals surface area contributed by atoms with Gasteiger partial charge in [-0.1, -0.05) is 18.2 Å². The summed E-state index contributed by atoms with van der Waals surface area (Å²) in [6, 6.07) is 17.0. The topological polar surface area (TPSA) is 62.3 Å². The van der Waals surface area contributed by atoms with E-state index in [0.717, 1.165) is 36.2 Å². The second kappa shape index (κ2) is 6.32. The maximum absolute atomic E-state index is 12.9. The standard InChI is InChI=1S/C21H21N3O2S/c25-27(26,18-4-2-1-3-5-18)19-11-16-10-17(6-7-20(16)23-13-19)24-9-8-15-12-22-14-21(15)24/h1-7,10-11,13,15,21-22H,8-9,12,14H2/t15-,21+/m0/s1. The van der Waals surface area contributed by atoms with Gasteiger partial charge in [0.25, 0.3) is 0 Å². The fourth-order valence-electron chi connectivity index (χ4n) is 4.33. The van der Waals surface area contributed by atoms with Crippen LogP contribution in [0.25, 0.3) is 10.9 Å². The second-order valence-electron chi connectivity index (χ2n) is 7.33. The van der Waals surface area contributed by atoms with Crippen LogP contribution in [-0.2, 0) is 9.84 Å². The first-order chi connectivity index (χ1) is 13.1. The number of nitrogens with zero attached hydrogens (tertiary/aromatic N) is 2. The lowest BCUT2D eigenvalue weighted by Gasteiger charge is -2.26. The highest BCUT2D eigenvalue weighted by Gasteiger charge is 2.37. The molecular weight excluding hydrogens is 358 g/mol. The minimum Gasteiger partial charge on any atom is -0.367 e. The van der Waals surface area contributed by atoms with Crippen LogP contribution in [0.3, 0.4) is 0 Å². The zero-order chi connectivity index (χ0) is 18.4. The molecule has 0 saturated carbocycles. The fraction of sp³-hybridized carbons (Fsp3) is 0.286. The number of aromatic nitrogens is 1. The number of hydrogen-bond acceptors (Lipinski definition) is 5. The molecule has 5 nitrogen and oxygen atoms in total. The van der Waals surface area contributed by atoms with E-state index in [1.54, 1.807) is 30.3 Å². The van der Waals surface area contributed by atoms with Crippen LogP contribution in [0.15, 0.2) is 70.6 Å². The largest absolute Gasteiger partial charge is 0.367 e. The molecule has 0 bridgehead atoms. The summed E-state index contributed by atoms with van der Waals surface area (Å²) in [5.74, 6) is 0.712. The summed E-state index contributed by atoms with van der Waals surface area (Å²) in [4.78, 5) is 7.37. The van der Waals surface area contributed by atoms with Gasteiger partial charge in [0.15, 0.2) is 0 Å². The summed E-state index contributed by atoms with van der Waals surface area (Å²) in [6.45, 7) is 3.16. The normalized spacial score (nSPS) is 22.3. The van der Waals surface area contributed by atoms with Crippen LogP contribution in [0.1, 0.15) is 6.42 Å². The lowest BCUT2D eigenvalue weighted by atomic mass is 10.0. The van der Waals surface area contributed by atoms with Crippen molar-refractivity contribution in [2.75, 3.05) is 24.5 Å². The zero-order valence-corrected chi connectivity index (χ0v) is 15.7. The van der Waals surface area contributed by atoms with Crippen LogP contribution in [0, 0.1) is 5.92 Å². The number of sulfone groups is 1. The number of pyridine rings is 1. The minimum absolute atomic E-state index is 0.236. The Morgan fingerprint density at radius 3 is 2.70 bits per heavy atom. The molecule has 2 atom stereocenters. The van der Waals surface area contributed by atoms with E-state index in [2.05, 4.69) is 27.3 Å². The molecule has 138 valence electrons. The Morgan fingerprint density at radius 2 is 1.85 bits per heavy atom. The summed E-state index contributed by atoms with van der Waals surface area (Å²) in [5, 5.41) is 4.34. The molecule has 1 aromatic heterocycles. The molecular formula is C21H21N3O2S. The van der Waals surface area contributed by atoms with Gasteiger partial charge in [-0.3, -0.25) is 4.98 Å². The predicted octanol–water partition coefficient (Wildman–Crippen LogP) is 2.87. The van der Waals surface area contributed by atoms with Gasteiger partial charge >= 0.3 is 0 Å². The molecule has 2 aromatic carbocycles. The van der Waals surface area contributed by atoms with Crippen LogP contribution in [0.4, 0.5) is 5.69 Å². The van der Waals surface area contributed by atoms with Crippen molar-refractivity contribution in [3.8, 4) is 0 Å². The molecule has 6 heteroatoms. The van der Waals surface area contributed by atoms with E-state index in [1.807, 2.05) is 12.1 Å². The zero-order valence-electron chi connectivity index (χ0n) is 14.9. The third-order valence-corrected chi connectivity index (χ3v) is 7.52. The van der Waals surface area contributed by atoms with Gasteiger partial charge in [0.2, 0.25) is 9.84 Å². The summed E-state index contributed by atoms with van der Waals surface area (Å²) in [7, 11) is -3.56. The highest BCUT2D eigenvalue weighted by molar-refractivity contribution is 7.91. The number of rotatable bonds is 3. The van der Waals surface area contributed by atoms with Crippen molar-refractivity contribution in [2.45, 2.75) is 22.3 Å². The van der Waals surface area contributed by atoms with Gasteiger partial charge in [0.05, 0.1) is 15.3 Å². The third-order valence-electron chi connectivity index (χ3n) is 5.78.